The number of likely N-dealkylation sites (tertiary alicyclic amines) is 2. The van der Waals surface area contributed by atoms with Crippen LogP contribution < -0.4 is 0 Å². The van der Waals surface area contributed by atoms with Crippen molar-refractivity contribution in [3.63, 3.8) is 0 Å². The number of pyridine rings is 1. The number of hydrogen-bond donors (Lipinski definition) is 0. The summed E-state index contributed by atoms with van der Waals surface area (Å²) in [5, 5.41) is 10.4. The number of fused-ring (bicyclic) bond motifs is 1. The first-order valence-electron chi connectivity index (χ1n) is 11.7. The molecular weight excluding hydrogens is 380 g/mol. The van der Waals surface area contributed by atoms with E-state index in [0.29, 0.717) is 5.56 Å². The Morgan fingerprint density at radius 1 is 0.903 bits per heavy atom. The van der Waals surface area contributed by atoms with Crippen LogP contribution in [0.15, 0.2) is 54.7 Å². The molecule has 0 spiro atoms. The van der Waals surface area contributed by atoms with Crippen LogP contribution in [0.3, 0.4) is 0 Å². The Kier molecular flexibility index (Phi) is 5.97. The fourth-order valence-electron chi connectivity index (χ4n) is 5.29. The van der Waals surface area contributed by atoms with Crippen molar-refractivity contribution in [3.8, 4) is 17.2 Å². The zero-order valence-electron chi connectivity index (χ0n) is 18.1. The van der Waals surface area contributed by atoms with Gasteiger partial charge in [-0.15, -0.1) is 0 Å². The molecule has 2 aliphatic heterocycles. The van der Waals surface area contributed by atoms with Gasteiger partial charge in [0.05, 0.1) is 11.1 Å². The monoisotopic (exact) mass is 410 g/mol. The highest BCUT2D eigenvalue weighted by Crippen LogP contribution is 2.30. The Labute approximate surface area is 185 Å². The van der Waals surface area contributed by atoms with Crippen LogP contribution in [0.4, 0.5) is 0 Å². The second-order valence-corrected chi connectivity index (χ2v) is 8.97. The van der Waals surface area contributed by atoms with E-state index in [1.54, 1.807) is 6.20 Å². The molecule has 2 saturated heterocycles. The van der Waals surface area contributed by atoms with E-state index < -0.39 is 0 Å². The maximum Gasteiger partial charge on any atom is 0.101 e. The smallest absolute Gasteiger partial charge is 0.101 e. The number of aromatic nitrogens is 1. The van der Waals surface area contributed by atoms with Crippen LogP contribution in [-0.2, 0) is 6.54 Å². The molecule has 3 heterocycles. The quantitative estimate of drug-likeness (QED) is 0.591. The molecule has 5 rings (SSSR count). The molecule has 0 bridgehead atoms. The predicted octanol–water partition coefficient (Wildman–Crippen LogP) is 5.22. The van der Waals surface area contributed by atoms with Crippen LogP contribution in [0.25, 0.3) is 22.0 Å². The summed E-state index contributed by atoms with van der Waals surface area (Å²) in [5.41, 5.74) is 5.09. The van der Waals surface area contributed by atoms with Gasteiger partial charge < -0.3 is 4.90 Å². The Balaban J connectivity index is 1.25. The van der Waals surface area contributed by atoms with E-state index >= 15 is 0 Å². The Morgan fingerprint density at radius 2 is 1.68 bits per heavy atom. The highest BCUT2D eigenvalue weighted by Gasteiger charge is 2.25. The predicted molar refractivity (Wildman–Crippen MR) is 126 cm³/mol. The van der Waals surface area contributed by atoms with Gasteiger partial charge in [-0.25, -0.2) is 0 Å². The molecule has 2 aliphatic rings. The molecule has 0 radical (unpaired) electrons. The SMILES string of the molecule is N#Cc1ccc(-c2ccc(CN3CCC(N4CCCCC4)CC3)cc2)c2cccnc12. The van der Waals surface area contributed by atoms with E-state index in [1.165, 1.54) is 69.4 Å². The fourth-order valence-corrected chi connectivity index (χ4v) is 5.29. The minimum Gasteiger partial charge on any atom is -0.300 e. The van der Waals surface area contributed by atoms with Crippen molar-refractivity contribution in [1.29, 1.82) is 5.26 Å². The number of rotatable bonds is 4. The second-order valence-electron chi connectivity index (χ2n) is 8.97. The molecule has 0 amide bonds. The molecule has 0 saturated carbocycles. The Hall–Kier alpha value is -2.74. The van der Waals surface area contributed by atoms with Crippen LogP contribution in [0.5, 0.6) is 0 Å². The van der Waals surface area contributed by atoms with Crippen molar-refractivity contribution in [2.75, 3.05) is 26.2 Å². The highest BCUT2D eigenvalue weighted by molar-refractivity contribution is 5.97. The Bertz CT molecular complexity index is 1070. The van der Waals surface area contributed by atoms with Crippen molar-refractivity contribution in [1.82, 2.24) is 14.8 Å². The molecule has 0 unspecified atom stereocenters. The van der Waals surface area contributed by atoms with Gasteiger partial charge in [0, 0.05) is 24.2 Å². The third kappa shape index (κ3) is 4.35. The average Bonchev–Trinajstić information content (AvgIpc) is 2.85. The molecule has 0 N–H and O–H groups in total. The summed E-state index contributed by atoms with van der Waals surface area (Å²) in [5.74, 6) is 0. The molecule has 31 heavy (non-hydrogen) atoms. The molecule has 0 aliphatic carbocycles. The highest BCUT2D eigenvalue weighted by atomic mass is 15.2. The number of benzene rings is 2. The summed E-state index contributed by atoms with van der Waals surface area (Å²) < 4.78 is 0. The third-order valence-electron chi connectivity index (χ3n) is 7.03. The minimum atomic E-state index is 0.629. The lowest BCUT2D eigenvalue weighted by molar-refractivity contribution is 0.0896. The number of hydrogen-bond acceptors (Lipinski definition) is 4. The second kappa shape index (κ2) is 9.18. The van der Waals surface area contributed by atoms with Crippen LogP contribution in [0, 0.1) is 11.3 Å². The van der Waals surface area contributed by atoms with Crippen molar-refractivity contribution in [2.24, 2.45) is 0 Å². The van der Waals surface area contributed by atoms with E-state index in [4.69, 9.17) is 0 Å². The first-order chi connectivity index (χ1) is 15.3. The van der Waals surface area contributed by atoms with E-state index in [1.807, 2.05) is 18.2 Å². The van der Waals surface area contributed by atoms with Gasteiger partial charge in [0.1, 0.15) is 6.07 Å². The fraction of sp³-hybridized carbons (Fsp3) is 0.407. The molecule has 4 nitrogen and oxygen atoms in total. The molecular formula is C27H30N4. The van der Waals surface area contributed by atoms with Crippen molar-refractivity contribution >= 4 is 10.9 Å². The van der Waals surface area contributed by atoms with Crippen LogP contribution in [0.2, 0.25) is 0 Å². The molecule has 4 heteroatoms. The minimum absolute atomic E-state index is 0.629. The largest absolute Gasteiger partial charge is 0.300 e. The molecule has 0 atom stereocenters. The molecule has 2 fully saturated rings. The number of piperidine rings is 2. The summed E-state index contributed by atoms with van der Waals surface area (Å²) in [6, 6.07) is 19.9. The topological polar surface area (TPSA) is 43.2 Å². The van der Waals surface area contributed by atoms with E-state index in [9.17, 15) is 5.26 Å². The average molecular weight is 411 g/mol. The van der Waals surface area contributed by atoms with Gasteiger partial charge in [-0.05, 0) is 80.7 Å². The molecule has 3 aromatic rings. The van der Waals surface area contributed by atoms with E-state index in [0.717, 1.165) is 29.1 Å². The summed E-state index contributed by atoms with van der Waals surface area (Å²) >= 11 is 0. The normalized spacial score (nSPS) is 18.8. The van der Waals surface area contributed by atoms with E-state index in [2.05, 4.69) is 51.2 Å². The first kappa shape index (κ1) is 20.2. The summed E-state index contributed by atoms with van der Waals surface area (Å²) in [6.07, 6.45) is 8.56. The molecule has 1 aromatic heterocycles. The van der Waals surface area contributed by atoms with Crippen molar-refractivity contribution < 1.29 is 0 Å². The number of nitrogens with zero attached hydrogens (tertiary/aromatic N) is 4. The van der Waals surface area contributed by atoms with Gasteiger partial charge in [-0.2, -0.15) is 5.26 Å². The lowest BCUT2D eigenvalue weighted by Gasteiger charge is -2.40. The lowest BCUT2D eigenvalue weighted by Crippen LogP contribution is -2.46. The third-order valence-corrected chi connectivity index (χ3v) is 7.03. The maximum atomic E-state index is 9.38. The Morgan fingerprint density at radius 3 is 2.42 bits per heavy atom. The van der Waals surface area contributed by atoms with Gasteiger partial charge in [0.2, 0.25) is 0 Å². The number of nitriles is 1. The van der Waals surface area contributed by atoms with Crippen LogP contribution in [-0.4, -0.2) is 47.0 Å². The lowest BCUT2D eigenvalue weighted by atomic mass is 9.97. The van der Waals surface area contributed by atoms with Crippen LogP contribution in [0.1, 0.15) is 43.2 Å². The van der Waals surface area contributed by atoms with E-state index in [-0.39, 0.29) is 0 Å². The van der Waals surface area contributed by atoms with Crippen molar-refractivity contribution in [3.05, 3.63) is 65.9 Å². The molecule has 158 valence electrons. The summed E-state index contributed by atoms with van der Waals surface area (Å²) in [6.45, 7) is 6.06. The summed E-state index contributed by atoms with van der Waals surface area (Å²) in [7, 11) is 0. The van der Waals surface area contributed by atoms with Gasteiger partial charge in [-0.1, -0.05) is 42.8 Å². The van der Waals surface area contributed by atoms with Crippen molar-refractivity contribution in [2.45, 2.75) is 44.7 Å². The maximum absolute atomic E-state index is 9.38. The first-order valence-corrected chi connectivity index (χ1v) is 11.7. The standard InChI is InChI=1S/C27H30N4/c28-19-23-10-11-25(26-5-4-14-29-27(23)26)22-8-6-21(7-9-22)20-30-17-12-24(13-18-30)31-15-2-1-3-16-31/h4-11,14,24H,1-3,12-13,15-18,20H2. The van der Waals surface area contributed by atoms with Gasteiger partial charge in [0.25, 0.3) is 0 Å². The summed E-state index contributed by atoms with van der Waals surface area (Å²) in [4.78, 5) is 9.79. The zero-order chi connectivity index (χ0) is 21.0. The zero-order valence-corrected chi connectivity index (χ0v) is 18.1. The van der Waals surface area contributed by atoms with Gasteiger partial charge >= 0.3 is 0 Å². The molecule has 2 aromatic carbocycles. The van der Waals surface area contributed by atoms with Gasteiger partial charge in [0.15, 0.2) is 0 Å². The van der Waals surface area contributed by atoms with Gasteiger partial charge in [-0.3, -0.25) is 9.88 Å². The van der Waals surface area contributed by atoms with Crippen LogP contribution >= 0.6 is 0 Å².